The summed E-state index contributed by atoms with van der Waals surface area (Å²) >= 11 is 5.89. The molecule has 0 fully saturated rings. The van der Waals surface area contributed by atoms with Crippen LogP contribution in [0.3, 0.4) is 0 Å². The number of hydrogen-bond donors (Lipinski definition) is 0. The van der Waals surface area contributed by atoms with Gasteiger partial charge in [0, 0.05) is 7.11 Å². The van der Waals surface area contributed by atoms with Crippen LogP contribution in [0.1, 0.15) is 5.56 Å². The van der Waals surface area contributed by atoms with Gasteiger partial charge >= 0.3 is 0 Å². The van der Waals surface area contributed by atoms with Gasteiger partial charge in [0.1, 0.15) is 5.75 Å². The minimum Gasteiger partial charge on any atom is -0.456 e. The molecule has 3 nitrogen and oxygen atoms in total. The lowest BCUT2D eigenvalue weighted by atomic mass is 10.2. The van der Waals surface area contributed by atoms with Crippen molar-refractivity contribution in [2.75, 3.05) is 7.11 Å². The highest BCUT2D eigenvalue weighted by molar-refractivity contribution is 6.32. The van der Waals surface area contributed by atoms with E-state index in [9.17, 15) is 4.79 Å². The largest absolute Gasteiger partial charge is 0.456 e. The van der Waals surface area contributed by atoms with Gasteiger partial charge in [-0.2, -0.15) is 0 Å². The minimum absolute atomic E-state index is 0.441. The lowest BCUT2D eigenvalue weighted by Gasteiger charge is -2.12. The topological polar surface area (TPSA) is 35.5 Å². The summed E-state index contributed by atoms with van der Waals surface area (Å²) in [5.41, 5.74) is 1.03. The zero-order valence-electron chi connectivity index (χ0n) is 7.99. The van der Waals surface area contributed by atoms with E-state index in [1.165, 1.54) is 7.11 Å². The third kappa shape index (κ3) is 2.72. The van der Waals surface area contributed by atoms with Gasteiger partial charge in [-0.05, 0) is 24.6 Å². The van der Waals surface area contributed by atoms with Crippen molar-refractivity contribution >= 4 is 17.9 Å². The van der Waals surface area contributed by atoms with Crippen LogP contribution < -0.4 is 4.74 Å². The number of carbonyl (C=O) groups is 1. The van der Waals surface area contributed by atoms with Crippen molar-refractivity contribution in [3.05, 3.63) is 28.8 Å². The van der Waals surface area contributed by atoms with E-state index in [1.54, 1.807) is 12.1 Å². The van der Waals surface area contributed by atoms with E-state index in [0.29, 0.717) is 17.1 Å². The number of ether oxygens (including phenoxy) is 2. The van der Waals surface area contributed by atoms with Gasteiger partial charge < -0.3 is 9.47 Å². The molecule has 0 heterocycles. The molecule has 0 aliphatic carbocycles. The molecule has 0 aliphatic heterocycles. The monoisotopic (exact) mass is 214 g/mol. The summed E-state index contributed by atoms with van der Waals surface area (Å²) in [6.45, 7) is 1.92. The minimum atomic E-state index is -0.907. The predicted octanol–water partition coefficient (Wildman–Crippen LogP) is 2.20. The number of carbonyl (C=O) groups excluding carboxylic acids is 1. The van der Waals surface area contributed by atoms with E-state index in [0.717, 1.165) is 5.56 Å². The summed E-state index contributed by atoms with van der Waals surface area (Å²) < 4.78 is 9.92. The van der Waals surface area contributed by atoms with Crippen LogP contribution in [0.25, 0.3) is 0 Å². The van der Waals surface area contributed by atoms with E-state index in [2.05, 4.69) is 0 Å². The maximum atomic E-state index is 10.4. The second-order valence-corrected chi connectivity index (χ2v) is 3.20. The van der Waals surface area contributed by atoms with Crippen molar-refractivity contribution in [1.82, 2.24) is 0 Å². The van der Waals surface area contributed by atoms with Crippen molar-refractivity contribution < 1.29 is 14.3 Å². The summed E-state index contributed by atoms with van der Waals surface area (Å²) in [6, 6.07) is 5.31. The van der Waals surface area contributed by atoms with E-state index >= 15 is 0 Å². The zero-order valence-corrected chi connectivity index (χ0v) is 8.75. The molecule has 1 aromatic carbocycles. The van der Waals surface area contributed by atoms with Gasteiger partial charge in [-0.15, -0.1) is 0 Å². The molecule has 0 bridgehead atoms. The number of rotatable bonds is 4. The number of halogens is 1. The van der Waals surface area contributed by atoms with E-state index in [1.807, 2.05) is 13.0 Å². The molecule has 1 atom stereocenters. The summed E-state index contributed by atoms with van der Waals surface area (Å²) in [7, 11) is 1.39. The molecule has 0 saturated carbocycles. The van der Waals surface area contributed by atoms with Crippen LogP contribution in [-0.4, -0.2) is 19.7 Å². The number of hydrogen-bond acceptors (Lipinski definition) is 3. The van der Waals surface area contributed by atoms with Crippen molar-refractivity contribution in [3.63, 3.8) is 0 Å². The Kier molecular flexibility index (Phi) is 3.92. The van der Waals surface area contributed by atoms with Crippen LogP contribution in [-0.2, 0) is 9.53 Å². The second-order valence-electron chi connectivity index (χ2n) is 2.79. The molecule has 0 N–H and O–H groups in total. The van der Waals surface area contributed by atoms with Crippen LogP contribution in [0.4, 0.5) is 0 Å². The fraction of sp³-hybridized carbons (Fsp3) is 0.300. The molecule has 0 spiro atoms. The van der Waals surface area contributed by atoms with Gasteiger partial charge in [0.05, 0.1) is 5.02 Å². The standard InChI is InChI=1S/C10H11ClO3/c1-7-3-4-9(8(11)5-7)14-10(6-12)13-2/h3-6,10H,1-2H3. The summed E-state index contributed by atoms with van der Waals surface area (Å²) in [5, 5.41) is 0.467. The SMILES string of the molecule is COC(C=O)Oc1ccc(C)cc1Cl. The van der Waals surface area contributed by atoms with Crippen LogP contribution >= 0.6 is 11.6 Å². The highest BCUT2D eigenvalue weighted by atomic mass is 35.5. The third-order valence-electron chi connectivity index (χ3n) is 1.67. The van der Waals surface area contributed by atoms with Crippen LogP contribution in [0.15, 0.2) is 18.2 Å². The lowest BCUT2D eigenvalue weighted by molar-refractivity contribution is -0.132. The molecular formula is C10H11ClO3. The highest BCUT2D eigenvalue weighted by Gasteiger charge is 2.09. The van der Waals surface area contributed by atoms with Gasteiger partial charge in [0.15, 0.2) is 6.29 Å². The number of aldehydes is 1. The molecule has 4 heteroatoms. The molecule has 0 aliphatic rings. The Balaban J connectivity index is 2.80. The second kappa shape index (κ2) is 4.98. The summed E-state index contributed by atoms with van der Waals surface area (Å²) in [4.78, 5) is 10.4. The molecule has 76 valence electrons. The van der Waals surface area contributed by atoms with Gasteiger partial charge in [0.2, 0.25) is 0 Å². The first-order chi connectivity index (χ1) is 6.67. The Morgan fingerprint density at radius 3 is 2.71 bits per heavy atom. The Hall–Kier alpha value is -1.06. The first-order valence-electron chi connectivity index (χ1n) is 4.08. The normalized spacial score (nSPS) is 12.2. The highest BCUT2D eigenvalue weighted by Crippen LogP contribution is 2.25. The fourth-order valence-electron chi connectivity index (χ4n) is 0.958. The maximum absolute atomic E-state index is 10.4. The van der Waals surface area contributed by atoms with E-state index in [4.69, 9.17) is 21.1 Å². The number of methoxy groups -OCH3 is 1. The first-order valence-corrected chi connectivity index (χ1v) is 4.46. The number of aryl methyl sites for hydroxylation is 1. The maximum Gasteiger partial charge on any atom is 0.256 e. The summed E-state index contributed by atoms with van der Waals surface area (Å²) in [6.07, 6.45) is -0.342. The predicted molar refractivity (Wildman–Crippen MR) is 53.7 cm³/mol. The van der Waals surface area contributed by atoms with Gasteiger partial charge in [-0.25, -0.2) is 0 Å². The molecule has 1 aromatic rings. The average Bonchev–Trinajstić information content (AvgIpc) is 2.17. The van der Waals surface area contributed by atoms with Gasteiger partial charge in [-0.3, -0.25) is 4.79 Å². The Morgan fingerprint density at radius 2 is 2.21 bits per heavy atom. The molecule has 0 amide bonds. The molecule has 0 aromatic heterocycles. The van der Waals surface area contributed by atoms with E-state index in [-0.39, 0.29) is 0 Å². The van der Waals surface area contributed by atoms with Crippen molar-refractivity contribution in [2.24, 2.45) is 0 Å². The van der Waals surface area contributed by atoms with Crippen molar-refractivity contribution in [3.8, 4) is 5.75 Å². The lowest BCUT2D eigenvalue weighted by Crippen LogP contribution is -2.20. The number of benzene rings is 1. The fourth-order valence-corrected chi connectivity index (χ4v) is 1.24. The first kappa shape index (κ1) is 11.0. The molecule has 1 unspecified atom stereocenters. The molecule has 0 saturated heterocycles. The average molecular weight is 215 g/mol. The zero-order chi connectivity index (χ0) is 10.6. The molecule has 0 radical (unpaired) electrons. The molecule has 14 heavy (non-hydrogen) atoms. The van der Waals surface area contributed by atoms with E-state index < -0.39 is 6.29 Å². The summed E-state index contributed by atoms with van der Waals surface area (Å²) in [5.74, 6) is 0.441. The quantitative estimate of drug-likeness (QED) is 0.570. The Morgan fingerprint density at radius 1 is 1.50 bits per heavy atom. The third-order valence-corrected chi connectivity index (χ3v) is 1.97. The Labute approximate surface area is 87.6 Å². The van der Waals surface area contributed by atoms with Crippen molar-refractivity contribution in [2.45, 2.75) is 13.2 Å². The van der Waals surface area contributed by atoms with Crippen LogP contribution in [0.5, 0.6) is 5.75 Å². The van der Waals surface area contributed by atoms with Crippen molar-refractivity contribution in [1.29, 1.82) is 0 Å². The van der Waals surface area contributed by atoms with Crippen LogP contribution in [0.2, 0.25) is 5.02 Å². The molecule has 1 rings (SSSR count). The van der Waals surface area contributed by atoms with Gasteiger partial charge in [0.25, 0.3) is 6.29 Å². The Bertz CT molecular complexity index is 325. The van der Waals surface area contributed by atoms with Gasteiger partial charge in [-0.1, -0.05) is 17.7 Å². The van der Waals surface area contributed by atoms with Crippen LogP contribution in [0, 0.1) is 6.92 Å². The smallest absolute Gasteiger partial charge is 0.256 e. The molecular weight excluding hydrogens is 204 g/mol.